The number of carboxylic acids is 1. The third kappa shape index (κ3) is 6.46. The second kappa shape index (κ2) is 11.3. The van der Waals surface area contributed by atoms with E-state index >= 15 is 0 Å². The molecule has 0 spiro atoms. The van der Waals surface area contributed by atoms with E-state index < -0.39 is 5.97 Å². The van der Waals surface area contributed by atoms with Gasteiger partial charge in [-0.2, -0.15) is 0 Å². The van der Waals surface area contributed by atoms with E-state index in [2.05, 4.69) is 52.0 Å². The van der Waals surface area contributed by atoms with E-state index in [1.54, 1.807) is 0 Å². The summed E-state index contributed by atoms with van der Waals surface area (Å²) >= 11 is 0. The lowest BCUT2D eigenvalue weighted by Gasteiger charge is -2.38. The number of carbonyl (C=O) groups excluding carboxylic acids is 1. The number of amides is 1. The van der Waals surface area contributed by atoms with Crippen molar-refractivity contribution >= 4 is 12.1 Å². The summed E-state index contributed by atoms with van der Waals surface area (Å²) in [6, 6.07) is 10.7. The van der Waals surface area contributed by atoms with E-state index in [9.17, 15) is 9.59 Å². The van der Waals surface area contributed by atoms with Gasteiger partial charge in [-0.25, -0.2) is 4.79 Å². The highest BCUT2D eigenvalue weighted by atomic mass is 16.6. The highest BCUT2D eigenvalue weighted by molar-refractivity contribution is 5.70. The SMILES string of the molecule is CC1C(N2CCN(CCC(=O)O)CC2)OC(=O)N1CCC1CCN(Cc2ccccc2)CC1. The molecule has 0 aliphatic carbocycles. The van der Waals surface area contributed by atoms with Gasteiger partial charge in [-0.15, -0.1) is 0 Å². The molecule has 0 aromatic heterocycles. The number of hydrogen-bond acceptors (Lipinski definition) is 6. The van der Waals surface area contributed by atoms with E-state index in [0.29, 0.717) is 12.5 Å². The summed E-state index contributed by atoms with van der Waals surface area (Å²) in [5.41, 5.74) is 1.37. The molecule has 182 valence electrons. The zero-order valence-corrected chi connectivity index (χ0v) is 19.8. The third-order valence-electron chi connectivity index (χ3n) is 7.50. The maximum atomic E-state index is 12.6. The second-order valence-corrected chi connectivity index (χ2v) is 9.72. The summed E-state index contributed by atoms with van der Waals surface area (Å²) in [6.07, 6.45) is 3.19. The van der Waals surface area contributed by atoms with Gasteiger partial charge in [0.15, 0.2) is 6.23 Å². The number of piperidine rings is 1. The van der Waals surface area contributed by atoms with Crippen LogP contribution in [-0.2, 0) is 16.1 Å². The molecule has 3 saturated heterocycles. The van der Waals surface area contributed by atoms with Crippen molar-refractivity contribution in [2.45, 2.75) is 51.4 Å². The summed E-state index contributed by atoms with van der Waals surface area (Å²) in [5, 5.41) is 8.88. The molecule has 8 heteroatoms. The van der Waals surface area contributed by atoms with Crippen LogP contribution < -0.4 is 0 Å². The Morgan fingerprint density at radius 3 is 2.36 bits per heavy atom. The fraction of sp³-hybridized carbons (Fsp3) is 0.680. The Bertz CT molecular complexity index is 776. The smallest absolute Gasteiger partial charge is 0.411 e. The fourth-order valence-electron chi connectivity index (χ4n) is 5.36. The Morgan fingerprint density at radius 1 is 1.00 bits per heavy atom. The van der Waals surface area contributed by atoms with Crippen molar-refractivity contribution in [3.05, 3.63) is 35.9 Å². The Morgan fingerprint density at radius 2 is 1.70 bits per heavy atom. The lowest BCUT2D eigenvalue weighted by molar-refractivity contribution is -0.137. The number of hydrogen-bond donors (Lipinski definition) is 1. The van der Waals surface area contributed by atoms with Crippen molar-refractivity contribution in [3.8, 4) is 0 Å². The molecule has 3 heterocycles. The van der Waals surface area contributed by atoms with Gasteiger partial charge >= 0.3 is 12.1 Å². The van der Waals surface area contributed by atoms with Gasteiger partial charge in [-0.3, -0.25) is 14.6 Å². The first-order chi connectivity index (χ1) is 16.0. The molecule has 0 saturated carbocycles. The topological polar surface area (TPSA) is 76.6 Å². The number of ether oxygens (including phenoxy) is 1. The van der Waals surface area contributed by atoms with Crippen molar-refractivity contribution in [1.82, 2.24) is 19.6 Å². The normalized spacial score (nSPS) is 26.0. The predicted octanol–water partition coefficient (Wildman–Crippen LogP) is 2.55. The van der Waals surface area contributed by atoms with Gasteiger partial charge in [0, 0.05) is 45.8 Å². The molecule has 8 nitrogen and oxygen atoms in total. The molecule has 1 aromatic rings. The van der Waals surface area contributed by atoms with Crippen LogP contribution in [0, 0.1) is 5.92 Å². The molecular formula is C25H38N4O4. The quantitative estimate of drug-likeness (QED) is 0.609. The number of cyclic esters (lactones) is 1. The summed E-state index contributed by atoms with van der Waals surface area (Å²) in [5.74, 6) is -0.0952. The van der Waals surface area contributed by atoms with Crippen molar-refractivity contribution in [3.63, 3.8) is 0 Å². The summed E-state index contributed by atoms with van der Waals surface area (Å²) in [4.78, 5) is 32.3. The molecule has 4 rings (SSSR count). The monoisotopic (exact) mass is 458 g/mol. The number of benzene rings is 1. The zero-order valence-electron chi connectivity index (χ0n) is 19.8. The number of rotatable bonds is 9. The Kier molecular flexibility index (Phi) is 8.22. The summed E-state index contributed by atoms with van der Waals surface area (Å²) in [6.45, 7) is 9.93. The average molecular weight is 459 g/mol. The number of carboxylic acid groups (broad SMARTS) is 1. The number of carbonyl (C=O) groups is 2. The first-order valence-electron chi connectivity index (χ1n) is 12.4. The maximum absolute atomic E-state index is 12.6. The Labute approximate surface area is 197 Å². The first-order valence-corrected chi connectivity index (χ1v) is 12.4. The van der Waals surface area contributed by atoms with E-state index in [4.69, 9.17) is 9.84 Å². The lowest BCUT2D eigenvalue weighted by atomic mass is 9.93. The highest BCUT2D eigenvalue weighted by Gasteiger charge is 2.42. The largest absolute Gasteiger partial charge is 0.481 e. The Hall–Kier alpha value is -2.16. The van der Waals surface area contributed by atoms with Crippen molar-refractivity contribution in [1.29, 1.82) is 0 Å². The number of likely N-dealkylation sites (tertiary alicyclic amines) is 1. The van der Waals surface area contributed by atoms with Gasteiger partial charge in [-0.05, 0) is 50.8 Å². The van der Waals surface area contributed by atoms with Gasteiger partial charge in [-0.1, -0.05) is 30.3 Å². The van der Waals surface area contributed by atoms with E-state index in [0.717, 1.165) is 58.8 Å². The molecule has 1 aromatic carbocycles. The van der Waals surface area contributed by atoms with Crippen LogP contribution in [0.4, 0.5) is 4.79 Å². The van der Waals surface area contributed by atoms with Gasteiger partial charge in [0.05, 0.1) is 12.5 Å². The molecule has 1 N–H and O–H groups in total. The van der Waals surface area contributed by atoms with Crippen LogP contribution in [0.3, 0.4) is 0 Å². The number of piperazine rings is 1. The van der Waals surface area contributed by atoms with E-state index in [1.165, 1.54) is 18.4 Å². The number of nitrogens with zero attached hydrogens (tertiary/aromatic N) is 4. The van der Waals surface area contributed by atoms with Gasteiger partial charge in [0.25, 0.3) is 0 Å². The molecule has 33 heavy (non-hydrogen) atoms. The van der Waals surface area contributed by atoms with Gasteiger partial charge < -0.3 is 19.6 Å². The minimum Gasteiger partial charge on any atom is -0.481 e. The van der Waals surface area contributed by atoms with E-state index in [1.807, 2.05) is 4.90 Å². The van der Waals surface area contributed by atoms with Crippen LogP contribution in [0.5, 0.6) is 0 Å². The molecule has 3 aliphatic heterocycles. The summed E-state index contributed by atoms with van der Waals surface area (Å²) < 4.78 is 5.77. The second-order valence-electron chi connectivity index (χ2n) is 9.72. The van der Waals surface area contributed by atoms with Crippen LogP contribution in [0.1, 0.15) is 38.2 Å². The van der Waals surface area contributed by atoms with E-state index in [-0.39, 0.29) is 24.8 Å². The zero-order chi connectivity index (χ0) is 23.2. The molecule has 0 bridgehead atoms. The summed E-state index contributed by atoms with van der Waals surface area (Å²) in [7, 11) is 0. The first kappa shape index (κ1) is 24.0. The van der Waals surface area contributed by atoms with Crippen molar-refractivity contribution in [2.24, 2.45) is 5.92 Å². The van der Waals surface area contributed by atoms with Crippen LogP contribution in [0.2, 0.25) is 0 Å². The lowest BCUT2D eigenvalue weighted by Crippen LogP contribution is -2.53. The molecule has 3 fully saturated rings. The third-order valence-corrected chi connectivity index (χ3v) is 7.50. The number of aliphatic carboxylic acids is 1. The van der Waals surface area contributed by atoms with Crippen LogP contribution in [0.25, 0.3) is 0 Å². The van der Waals surface area contributed by atoms with Gasteiger partial charge in [0.2, 0.25) is 0 Å². The minimum atomic E-state index is -0.756. The molecule has 3 aliphatic rings. The fourth-order valence-corrected chi connectivity index (χ4v) is 5.36. The molecule has 0 radical (unpaired) electrons. The molecular weight excluding hydrogens is 420 g/mol. The van der Waals surface area contributed by atoms with Crippen LogP contribution in [-0.4, -0.2) is 101 Å². The Balaban J connectivity index is 1.18. The minimum absolute atomic E-state index is 0.0428. The van der Waals surface area contributed by atoms with Crippen LogP contribution >= 0.6 is 0 Å². The molecule has 2 atom stereocenters. The van der Waals surface area contributed by atoms with Crippen molar-refractivity contribution in [2.75, 3.05) is 52.4 Å². The molecule has 2 unspecified atom stereocenters. The van der Waals surface area contributed by atoms with Crippen LogP contribution in [0.15, 0.2) is 30.3 Å². The predicted molar refractivity (Wildman–Crippen MR) is 126 cm³/mol. The van der Waals surface area contributed by atoms with Crippen molar-refractivity contribution < 1.29 is 19.4 Å². The highest BCUT2D eigenvalue weighted by Crippen LogP contribution is 2.27. The molecule has 1 amide bonds. The maximum Gasteiger partial charge on any atom is 0.411 e. The van der Waals surface area contributed by atoms with Gasteiger partial charge in [0.1, 0.15) is 0 Å². The average Bonchev–Trinajstić information content (AvgIpc) is 3.11. The standard InChI is InChI=1S/C25H38N4O4/c1-20-24(28-17-15-26(16-18-28)13-10-23(30)31)33-25(32)29(20)14-9-21-7-11-27(12-8-21)19-22-5-3-2-4-6-22/h2-6,20-21,24H,7-19H2,1H3,(H,30,31).